The Labute approximate surface area is 160 Å². The molecular weight excluding hydrogens is 381 g/mol. The Kier molecular flexibility index (Phi) is 5.38. The van der Waals surface area contributed by atoms with Gasteiger partial charge in [0.15, 0.2) is 0 Å². The summed E-state index contributed by atoms with van der Waals surface area (Å²) in [5.74, 6) is -0.800. The minimum absolute atomic E-state index is 0.0582. The van der Waals surface area contributed by atoms with Crippen LogP contribution >= 0.6 is 23.2 Å². The second-order valence-electron chi connectivity index (χ2n) is 6.00. The number of benzene rings is 1. The maximum absolute atomic E-state index is 12.8. The van der Waals surface area contributed by atoms with Crippen molar-refractivity contribution < 1.29 is 19.4 Å². The van der Waals surface area contributed by atoms with Gasteiger partial charge in [0.2, 0.25) is 0 Å². The van der Waals surface area contributed by atoms with Crippen LogP contribution in [0.25, 0.3) is 0 Å². The third-order valence-corrected chi connectivity index (χ3v) is 5.17. The van der Waals surface area contributed by atoms with Crippen molar-refractivity contribution in [3.05, 3.63) is 45.7 Å². The van der Waals surface area contributed by atoms with E-state index in [0.29, 0.717) is 47.3 Å². The lowest BCUT2D eigenvalue weighted by atomic mass is 10.0. The molecule has 1 saturated heterocycles. The predicted octanol–water partition coefficient (Wildman–Crippen LogP) is 3.37. The summed E-state index contributed by atoms with van der Waals surface area (Å²) >= 11 is 12.0. The number of amides is 1. The van der Waals surface area contributed by atoms with Crippen LogP contribution in [0.15, 0.2) is 24.5 Å². The molecule has 3 rings (SSSR count). The average molecular weight is 398 g/mol. The number of carboxylic acids is 1. The first kappa shape index (κ1) is 18.5. The fourth-order valence-electron chi connectivity index (χ4n) is 3.02. The summed E-state index contributed by atoms with van der Waals surface area (Å²) < 4.78 is 6.91. The quantitative estimate of drug-likeness (QED) is 0.854. The lowest BCUT2D eigenvalue weighted by molar-refractivity contribution is 0.0685. The van der Waals surface area contributed by atoms with Crippen molar-refractivity contribution in [1.82, 2.24) is 14.7 Å². The molecule has 0 radical (unpaired) electrons. The van der Waals surface area contributed by atoms with E-state index < -0.39 is 5.97 Å². The van der Waals surface area contributed by atoms with E-state index >= 15 is 0 Å². The number of carbonyl (C=O) groups excluding carboxylic acids is 1. The monoisotopic (exact) mass is 397 g/mol. The minimum Gasteiger partial charge on any atom is -0.496 e. The van der Waals surface area contributed by atoms with Crippen molar-refractivity contribution in [3.63, 3.8) is 0 Å². The molecule has 0 unspecified atom stereocenters. The van der Waals surface area contributed by atoms with E-state index in [0.717, 1.165) is 0 Å². The molecule has 0 saturated carbocycles. The molecule has 1 amide bonds. The molecule has 9 heteroatoms. The van der Waals surface area contributed by atoms with Crippen molar-refractivity contribution in [1.29, 1.82) is 0 Å². The van der Waals surface area contributed by atoms with Crippen LogP contribution in [0.3, 0.4) is 0 Å². The summed E-state index contributed by atoms with van der Waals surface area (Å²) in [5.41, 5.74) is 0.525. The molecule has 0 spiro atoms. The van der Waals surface area contributed by atoms with Gasteiger partial charge in [0.25, 0.3) is 5.91 Å². The van der Waals surface area contributed by atoms with Crippen LogP contribution < -0.4 is 4.74 Å². The van der Waals surface area contributed by atoms with Crippen LogP contribution in [0, 0.1) is 0 Å². The maximum atomic E-state index is 12.8. The molecule has 1 N–H and O–H groups in total. The van der Waals surface area contributed by atoms with Crippen LogP contribution in [0.1, 0.15) is 39.6 Å². The maximum Gasteiger partial charge on any atom is 0.338 e. The van der Waals surface area contributed by atoms with Crippen LogP contribution in [0.5, 0.6) is 5.75 Å². The van der Waals surface area contributed by atoms with E-state index in [-0.39, 0.29) is 17.5 Å². The first-order valence-electron chi connectivity index (χ1n) is 8.00. The van der Waals surface area contributed by atoms with E-state index in [9.17, 15) is 9.59 Å². The lowest BCUT2D eigenvalue weighted by Gasteiger charge is -2.32. The first-order valence-corrected chi connectivity index (χ1v) is 8.76. The summed E-state index contributed by atoms with van der Waals surface area (Å²) in [5, 5.41) is 13.7. The highest BCUT2D eigenvalue weighted by Gasteiger charge is 2.27. The molecule has 2 heterocycles. The third kappa shape index (κ3) is 3.64. The number of likely N-dealkylation sites (tertiary alicyclic amines) is 1. The number of aromatic nitrogens is 2. The van der Waals surface area contributed by atoms with E-state index in [2.05, 4.69) is 5.10 Å². The fraction of sp³-hybridized carbons (Fsp3) is 0.353. The van der Waals surface area contributed by atoms with E-state index in [4.69, 9.17) is 33.0 Å². The zero-order valence-electron chi connectivity index (χ0n) is 14.0. The SMILES string of the molecule is COc1cc(Cl)c(Cl)cc1C(=O)N1CCC(n2cc(C(=O)O)cn2)CC1. The number of nitrogens with zero attached hydrogens (tertiary/aromatic N) is 3. The molecule has 1 aliphatic rings. The Morgan fingerprint density at radius 1 is 1.23 bits per heavy atom. The molecule has 7 nitrogen and oxygen atoms in total. The fourth-order valence-corrected chi connectivity index (χ4v) is 3.33. The van der Waals surface area contributed by atoms with Gasteiger partial charge in [-0.1, -0.05) is 23.2 Å². The number of methoxy groups -OCH3 is 1. The predicted molar refractivity (Wildman–Crippen MR) is 96.4 cm³/mol. The summed E-state index contributed by atoms with van der Waals surface area (Å²) in [7, 11) is 1.47. The number of hydrogen-bond donors (Lipinski definition) is 1. The summed E-state index contributed by atoms with van der Waals surface area (Å²) in [6.07, 6.45) is 4.21. The topological polar surface area (TPSA) is 84.7 Å². The Hall–Kier alpha value is -2.25. The number of aromatic carboxylic acids is 1. The number of piperidine rings is 1. The standard InChI is InChI=1S/C17H17Cl2N3O4/c1-26-15-7-14(19)13(18)6-12(15)16(23)21-4-2-11(3-5-21)22-9-10(8-20-22)17(24)25/h6-9,11H,2-5H2,1H3,(H,24,25). The number of ether oxygens (including phenoxy) is 1. The Bertz CT molecular complexity index is 845. The van der Waals surface area contributed by atoms with Crippen molar-refractivity contribution in [2.24, 2.45) is 0 Å². The van der Waals surface area contributed by atoms with Crippen molar-refractivity contribution in [3.8, 4) is 5.75 Å². The number of halogens is 2. The molecule has 1 aromatic heterocycles. The second-order valence-corrected chi connectivity index (χ2v) is 6.82. The number of carboxylic acid groups (broad SMARTS) is 1. The van der Waals surface area contributed by atoms with Crippen LogP contribution in [0.4, 0.5) is 0 Å². The lowest BCUT2D eigenvalue weighted by Crippen LogP contribution is -2.39. The molecule has 2 aromatic rings. The van der Waals surface area contributed by atoms with Gasteiger partial charge in [-0.15, -0.1) is 0 Å². The molecular formula is C17H17Cl2N3O4. The second kappa shape index (κ2) is 7.55. The van der Waals surface area contributed by atoms with Gasteiger partial charge in [-0.25, -0.2) is 4.79 Å². The number of rotatable bonds is 4. The van der Waals surface area contributed by atoms with Gasteiger partial charge in [0.05, 0.1) is 40.5 Å². The smallest absolute Gasteiger partial charge is 0.338 e. The van der Waals surface area contributed by atoms with Gasteiger partial charge in [-0.2, -0.15) is 5.10 Å². The normalized spacial score (nSPS) is 15.1. The largest absolute Gasteiger partial charge is 0.496 e. The van der Waals surface area contributed by atoms with Gasteiger partial charge in [0, 0.05) is 25.4 Å². The number of hydrogen-bond acceptors (Lipinski definition) is 4. The van der Waals surface area contributed by atoms with E-state index in [1.807, 2.05) is 0 Å². The minimum atomic E-state index is -1.00. The van der Waals surface area contributed by atoms with Gasteiger partial charge >= 0.3 is 5.97 Å². The van der Waals surface area contributed by atoms with Crippen LogP contribution in [-0.4, -0.2) is 51.9 Å². The highest BCUT2D eigenvalue weighted by molar-refractivity contribution is 6.42. The number of carbonyl (C=O) groups is 2. The molecule has 26 heavy (non-hydrogen) atoms. The van der Waals surface area contributed by atoms with Crippen LogP contribution in [0.2, 0.25) is 10.0 Å². The third-order valence-electron chi connectivity index (χ3n) is 4.45. The highest BCUT2D eigenvalue weighted by Crippen LogP contribution is 2.32. The molecule has 138 valence electrons. The average Bonchev–Trinajstić information content (AvgIpc) is 3.13. The Morgan fingerprint density at radius 2 is 1.88 bits per heavy atom. The zero-order chi connectivity index (χ0) is 18.8. The Balaban J connectivity index is 1.70. The van der Waals surface area contributed by atoms with Crippen LogP contribution in [-0.2, 0) is 0 Å². The molecule has 0 atom stereocenters. The summed E-state index contributed by atoms with van der Waals surface area (Å²) in [4.78, 5) is 25.5. The first-order chi connectivity index (χ1) is 12.4. The van der Waals surface area contributed by atoms with Gasteiger partial charge < -0.3 is 14.7 Å². The van der Waals surface area contributed by atoms with E-state index in [1.54, 1.807) is 9.58 Å². The molecule has 1 aromatic carbocycles. The molecule has 1 aliphatic heterocycles. The van der Waals surface area contributed by atoms with Gasteiger partial charge in [-0.3, -0.25) is 9.48 Å². The Morgan fingerprint density at radius 3 is 2.46 bits per heavy atom. The van der Waals surface area contributed by atoms with Gasteiger partial charge in [0.1, 0.15) is 5.75 Å². The van der Waals surface area contributed by atoms with E-state index in [1.165, 1.54) is 31.6 Å². The van der Waals surface area contributed by atoms with Gasteiger partial charge in [-0.05, 0) is 18.9 Å². The summed E-state index contributed by atoms with van der Waals surface area (Å²) in [6.45, 7) is 1.05. The highest BCUT2D eigenvalue weighted by atomic mass is 35.5. The van der Waals surface area contributed by atoms with Crippen molar-refractivity contribution in [2.45, 2.75) is 18.9 Å². The zero-order valence-corrected chi connectivity index (χ0v) is 15.5. The molecule has 0 bridgehead atoms. The summed E-state index contributed by atoms with van der Waals surface area (Å²) in [6, 6.07) is 3.10. The molecule has 0 aliphatic carbocycles. The molecule has 1 fully saturated rings. The van der Waals surface area contributed by atoms with Crippen molar-refractivity contribution >= 4 is 35.1 Å². The van der Waals surface area contributed by atoms with Crippen molar-refractivity contribution in [2.75, 3.05) is 20.2 Å².